The minimum atomic E-state index is 0.699. The average molecular weight is 352 g/mol. The molecule has 0 fully saturated rings. The van der Waals surface area contributed by atoms with Crippen molar-refractivity contribution in [3.8, 4) is 0 Å². The average Bonchev–Trinajstić information content (AvgIpc) is 2.59. The van der Waals surface area contributed by atoms with Crippen LogP contribution in [0, 0.1) is 13.8 Å². The second kappa shape index (κ2) is 9.39. The Balaban J connectivity index is 2.03. The quantitative estimate of drug-likeness (QED) is 0.383. The molecule has 0 bridgehead atoms. The molecule has 0 amide bonds. The summed E-state index contributed by atoms with van der Waals surface area (Å²) < 4.78 is 0. The standard InChI is InChI=1S/C23H26ClN/c1-5-25-23-19(4)15-21(16-22(23)24)18(3)11-7-6-8-13-20-14-10-9-12-17(20)2/h5-7,9-12,14-16H,8,13H2,1-4H3/b7-6-,18-11+,25-5?. The van der Waals surface area contributed by atoms with Gasteiger partial charge >= 0.3 is 0 Å². The Morgan fingerprint density at radius 2 is 1.88 bits per heavy atom. The molecule has 0 spiro atoms. The number of halogens is 1. The highest BCUT2D eigenvalue weighted by Crippen LogP contribution is 2.32. The van der Waals surface area contributed by atoms with Crippen molar-refractivity contribution in [3.63, 3.8) is 0 Å². The lowest BCUT2D eigenvalue weighted by Gasteiger charge is -2.08. The van der Waals surface area contributed by atoms with E-state index in [1.807, 2.05) is 19.9 Å². The third-order valence-corrected chi connectivity index (χ3v) is 4.58. The first-order valence-electron chi connectivity index (χ1n) is 8.70. The van der Waals surface area contributed by atoms with Crippen LogP contribution in [0.25, 0.3) is 5.57 Å². The second-order valence-electron chi connectivity index (χ2n) is 6.25. The van der Waals surface area contributed by atoms with Gasteiger partial charge < -0.3 is 0 Å². The number of allylic oxidation sites excluding steroid dienone is 4. The Kier molecular flexibility index (Phi) is 7.21. The molecule has 0 radical (unpaired) electrons. The molecular weight excluding hydrogens is 326 g/mol. The maximum Gasteiger partial charge on any atom is 0.0841 e. The van der Waals surface area contributed by atoms with Crippen LogP contribution in [0.5, 0.6) is 0 Å². The van der Waals surface area contributed by atoms with E-state index in [0.717, 1.165) is 29.7 Å². The van der Waals surface area contributed by atoms with Gasteiger partial charge in [0.1, 0.15) is 0 Å². The van der Waals surface area contributed by atoms with E-state index in [4.69, 9.17) is 11.6 Å². The van der Waals surface area contributed by atoms with Crippen molar-refractivity contribution in [2.75, 3.05) is 0 Å². The summed E-state index contributed by atoms with van der Waals surface area (Å²) in [4.78, 5) is 4.34. The summed E-state index contributed by atoms with van der Waals surface area (Å²) in [5.41, 5.74) is 7.07. The Morgan fingerprint density at radius 3 is 2.56 bits per heavy atom. The minimum Gasteiger partial charge on any atom is -0.260 e. The van der Waals surface area contributed by atoms with Gasteiger partial charge in [0.2, 0.25) is 0 Å². The molecule has 0 saturated carbocycles. The number of hydrogen-bond acceptors (Lipinski definition) is 1. The Bertz CT molecular complexity index is 790. The smallest absolute Gasteiger partial charge is 0.0841 e. The first kappa shape index (κ1) is 19.2. The monoisotopic (exact) mass is 351 g/mol. The van der Waals surface area contributed by atoms with E-state index in [-0.39, 0.29) is 0 Å². The lowest BCUT2D eigenvalue weighted by atomic mass is 10.0. The van der Waals surface area contributed by atoms with Crippen molar-refractivity contribution in [1.82, 2.24) is 0 Å². The zero-order valence-electron chi connectivity index (χ0n) is 15.5. The van der Waals surface area contributed by atoms with Gasteiger partial charge in [-0.25, -0.2) is 0 Å². The van der Waals surface area contributed by atoms with Crippen LogP contribution in [0.2, 0.25) is 5.02 Å². The topological polar surface area (TPSA) is 12.4 Å². The number of aliphatic imine (C=N–C) groups is 1. The SMILES string of the molecule is CC=Nc1c(C)cc(/C(C)=C/C=C\CCc2ccccc2C)cc1Cl. The molecule has 0 saturated heterocycles. The molecular formula is C23H26ClN. The van der Waals surface area contributed by atoms with Crippen LogP contribution in [0.15, 0.2) is 59.6 Å². The highest BCUT2D eigenvalue weighted by atomic mass is 35.5. The minimum absolute atomic E-state index is 0.699. The zero-order valence-corrected chi connectivity index (χ0v) is 16.3. The fourth-order valence-electron chi connectivity index (χ4n) is 2.79. The Morgan fingerprint density at radius 1 is 1.12 bits per heavy atom. The Labute approximate surface area is 156 Å². The van der Waals surface area contributed by atoms with Crippen LogP contribution in [-0.4, -0.2) is 6.21 Å². The van der Waals surface area contributed by atoms with E-state index in [9.17, 15) is 0 Å². The molecule has 0 N–H and O–H groups in total. The zero-order chi connectivity index (χ0) is 18.2. The number of hydrogen-bond donors (Lipinski definition) is 0. The summed E-state index contributed by atoms with van der Waals surface area (Å²) in [7, 11) is 0. The molecule has 1 nitrogen and oxygen atoms in total. The van der Waals surface area contributed by atoms with Crippen LogP contribution >= 0.6 is 11.6 Å². The third kappa shape index (κ3) is 5.44. The van der Waals surface area contributed by atoms with E-state index in [2.05, 4.69) is 67.4 Å². The number of benzene rings is 2. The lowest BCUT2D eigenvalue weighted by molar-refractivity contribution is 0.987. The molecule has 0 heterocycles. The van der Waals surface area contributed by atoms with Gasteiger partial charge in [-0.2, -0.15) is 0 Å². The molecule has 0 unspecified atom stereocenters. The van der Waals surface area contributed by atoms with E-state index < -0.39 is 0 Å². The summed E-state index contributed by atoms with van der Waals surface area (Å²) in [6.07, 6.45) is 10.4. The highest BCUT2D eigenvalue weighted by molar-refractivity contribution is 6.33. The number of aryl methyl sites for hydroxylation is 3. The second-order valence-corrected chi connectivity index (χ2v) is 6.66. The van der Waals surface area contributed by atoms with E-state index in [0.29, 0.717) is 5.02 Å². The fraction of sp³-hybridized carbons (Fsp3) is 0.261. The molecule has 130 valence electrons. The summed E-state index contributed by atoms with van der Waals surface area (Å²) in [5, 5.41) is 0.699. The van der Waals surface area contributed by atoms with Crippen LogP contribution < -0.4 is 0 Å². The van der Waals surface area contributed by atoms with Gasteiger partial charge in [-0.05, 0) is 80.5 Å². The van der Waals surface area contributed by atoms with Gasteiger partial charge in [0.05, 0.1) is 10.7 Å². The van der Waals surface area contributed by atoms with Crippen molar-refractivity contribution in [3.05, 3.63) is 81.9 Å². The summed E-state index contributed by atoms with van der Waals surface area (Å²) >= 11 is 6.36. The van der Waals surface area contributed by atoms with Crippen molar-refractivity contribution in [2.24, 2.45) is 4.99 Å². The largest absolute Gasteiger partial charge is 0.260 e. The van der Waals surface area contributed by atoms with E-state index in [1.54, 1.807) is 6.21 Å². The van der Waals surface area contributed by atoms with Gasteiger partial charge in [-0.15, -0.1) is 0 Å². The van der Waals surface area contributed by atoms with E-state index in [1.165, 1.54) is 16.7 Å². The maximum absolute atomic E-state index is 6.36. The van der Waals surface area contributed by atoms with Crippen LogP contribution in [-0.2, 0) is 6.42 Å². The number of nitrogens with zero attached hydrogens (tertiary/aromatic N) is 1. The molecule has 0 atom stereocenters. The van der Waals surface area contributed by atoms with E-state index >= 15 is 0 Å². The van der Waals surface area contributed by atoms with Crippen molar-refractivity contribution < 1.29 is 0 Å². The van der Waals surface area contributed by atoms with Gasteiger partial charge in [-0.1, -0.05) is 54.1 Å². The summed E-state index contributed by atoms with van der Waals surface area (Å²) in [6.45, 7) is 8.22. The molecule has 2 heteroatoms. The number of rotatable bonds is 6. The lowest BCUT2D eigenvalue weighted by Crippen LogP contribution is -1.87. The Hall–Kier alpha value is -2.12. The first-order chi connectivity index (χ1) is 12.0. The van der Waals surface area contributed by atoms with Crippen LogP contribution in [0.3, 0.4) is 0 Å². The predicted octanol–water partition coefficient (Wildman–Crippen LogP) is 7.27. The molecule has 0 aliphatic heterocycles. The van der Waals surface area contributed by atoms with Crippen molar-refractivity contribution in [2.45, 2.75) is 40.5 Å². The maximum atomic E-state index is 6.36. The molecule has 0 aliphatic carbocycles. The highest BCUT2D eigenvalue weighted by Gasteiger charge is 2.06. The van der Waals surface area contributed by atoms with Crippen molar-refractivity contribution >= 4 is 29.1 Å². The summed E-state index contributed by atoms with van der Waals surface area (Å²) in [5.74, 6) is 0. The van der Waals surface area contributed by atoms with Gasteiger partial charge in [0.25, 0.3) is 0 Å². The predicted molar refractivity (Wildman–Crippen MR) is 112 cm³/mol. The normalized spacial score (nSPS) is 12.4. The molecule has 25 heavy (non-hydrogen) atoms. The van der Waals surface area contributed by atoms with Gasteiger partial charge in [-0.3, -0.25) is 4.99 Å². The first-order valence-corrected chi connectivity index (χ1v) is 9.08. The summed E-state index contributed by atoms with van der Waals surface area (Å²) in [6, 6.07) is 12.7. The fourth-order valence-corrected chi connectivity index (χ4v) is 3.11. The van der Waals surface area contributed by atoms with Gasteiger partial charge in [0, 0.05) is 6.21 Å². The van der Waals surface area contributed by atoms with Crippen LogP contribution in [0.4, 0.5) is 5.69 Å². The van der Waals surface area contributed by atoms with Crippen molar-refractivity contribution in [1.29, 1.82) is 0 Å². The molecule has 0 aromatic heterocycles. The molecule has 2 aromatic rings. The molecule has 2 aromatic carbocycles. The molecule has 0 aliphatic rings. The molecule has 2 rings (SSSR count). The van der Waals surface area contributed by atoms with Crippen LogP contribution in [0.1, 0.15) is 42.5 Å². The van der Waals surface area contributed by atoms with Gasteiger partial charge in [0.15, 0.2) is 0 Å². The third-order valence-electron chi connectivity index (χ3n) is 4.29.